The van der Waals surface area contributed by atoms with Crippen molar-refractivity contribution in [2.45, 2.75) is 51.0 Å². The van der Waals surface area contributed by atoms with E-state index < -0.39 is 11.9 Å². The fraction of sp³-hybridized carbons (Fsp3) is 0.444. The van der Waals surface area contributed by atoms with E-state index in [1.165, 1.54) is 12.1 Å². The van der Waals surface area contributed by atoms with Crippen LogP contribution in [0.2, 0.25) is 0 Å². The predicted octanol–water partition coefficient (Wildman–Crippen LogP) is 2.86. The third-order valence-corrected chi connectivity index (χ3v) is 3.61. The number of primary amides is 1. The molecule has 23 heavy (non-hydrogen) atoms. The van der Waals surface area contributed by atoms with Gasteiger partial charge in [0.05, 0.1) is 6.42 Å². The lowest BCUT2D eigenvalue weighted by Crippen LogP contribution is -2.44. The Bertz CT molecular complexity index is 514. The van der Waals surface area contributed by atoms with Gasteiger partial charge in [0, 0.05) is 0 Å². The molecule has 0 saturated heterocycles. The maximum Gasteiger partial charge on any atom is 0.239 e. The van der Waals surface area contributed by atoms with E-state index >= 15 is 0 Å². The average molecular weight is 320 g/mol. The van der Waals surface area contributed by atoms with E-state index in [2.05, 4.69) is 11.9 Å². The third kappa shape index (κ3) is 8.14. The molecule has 1 atom stereocenters. The fourth-order valence-corrected chi connectivity index (χ4v) is 2.31. The van der Waals surface area contributed by atoms with Crippen molar-refractivity contribution in [1.29, 1.82) is 0 Å². The van der Waals surface area contributed by atoms with Crippen LogP contribution in [0.5, 0.6) is 0 Å². The van der Waals surface area contributed by atoms with Gasteiger partial charge in [-0.3, -0.25) is 9.59 Å². The highest BCUT2D eigenvalue weighted by molar-refractivity contribution is 5.87. The van der Waals surface area contributed by atoms with E-state index in [4.69, 9.17) is 5.73 Å². The Hall–Kier alpha value is -2.17. The first kappa shape index (κ1) is 18.9. The minimum atomic E-state index is -0.651. The number of nitrogens with one attached hydrogen (secondary N) is 1. The molecule has 3 N–H and O–H groups in total. The van der Waals surface area contributed by atoms with Gasteiger partial charge in [0.2, 0.25) is 11.8 Å². The smallest absolute Gasteiger partial charge is 0.239 e. The first-order valence-corrected chi connectivity index (χ1v) is 7.97. The number of unbranched alkanes of at least 4 members (excludes halogenated alkanes) is 4. The number of hydrogen-bond donors (Lipinski definition) is 2. The molecule has 0 saturated carbocycles. The van der Waals surface area contributed by atoms with Gasteiger partial charge in [-0.15, -0.1) is 6.58 Å². The SMILES string of the molecule is C=CCCCCCC[C@@H](NC(=O)Cc1ccc(F)cc1)C(N)=O. The highest BCUT2D eigenvalue weighted by atomic mass is 19.1. The van der Waals surface area contributed by atoms with Crippen LogP contribution in [0.25, 0.3) is 0 Å². The molecule has 1 rings (SSSR count). The van der Waals surface area contributed by atoms with Gasteiger partial charge in [-0.2, -0.15) is 0 Å². The second kappa shape index (κ2) is 10.5. The van der Waals surface area contributed by atoms with Crippen molar-refractivity contribution in [3.05, 3.63) is 48.3 Å². The summed E-state index contributed by atoms with van der Waals surface area (Å²) in [6.07, 6.45) is 7.51. The van der Waals surface area contributed by atoms with E-state index in [-0.39, 0.29) is 18.1 Å². The van der Waals surface area contributed by atoms with Gasteiger partial charge in [0.1, 0.15) is 11.9 Å². The van der Waals surface area contributed by atoms with Crippen LogP contribution in [0.1, 0.15) is 44.1 Å². The summed E-state index contributed by atoms with van der Waals surface area (Å²) in [5, 5.41) is 2.66. The van der Waals surface area contributed by atoms with Crippen molar-refractivity contribution in [3.63, 3.8) is 0 Å². The molecule has 126 valence electrons. The summed E-state index contributed by atoms with van der Waals surface area (Å²) >= 11 is 0. The van der Waals surface area contributed by atoms with Crippen molar-refractivity contribution < 1.29 is 14.0 Å². The Labute approximate surface area is 136 Å². The molecule has 2 amide bonds. The van der Waals surface area contributed by atoms with Crippen molar-refractivity contribution in [3.8, 4) is 0 Å². The maximum absolute atomic E-state index is 12.8. The van der Waals surface area contributed by atoms with E-state index in [0.29, 0.717) is 12.0 Å². The van der Waals surface area contributed by atoms with Crippen molar-refractivity contribution in [2.75, 3.05) is 0 Å². The fourth-order valence-electron chi connectivity index (χ4n) is 2.31. The number of nitrogens with two attached hydrogens (primary N) is 1. The zero-order chi connectivity index (χ0) is 17.1. The van der Waals surface area contributed by atoms with E-state index in [1.807, 2.05) is 6.08 Å². The summed E-state index contributed by atoms with van der Waals surface area (Å²) in [4.78, 5) is 23.4. The molecular weight excluding hydrogens is 295 g/mol. The van der Waals surface area contributed by atoms with Crippen LogP contribution in [0, 0.1) is 5.82 Å². The molecule has 0 aliphatic rings. The second-order valence-corrected chi connectivity index (χ2v) is 5.61. The molecule has 0 bridgehead atoms. The van der Waals surface area contributed by atoms with Gasteiger partial charge in [-0.05, 0) is 37.0 Å². The lowest BCUT2D eigenvalue weighted by Gasteiger charge is -2.15. The Kier molecular flexibility index (Phi) is 8.65. The Morgan fingerprint density at radius 1 is 1.17 bits per heavy atom. The summed E-state index contributed by atoms with van der Waals surface area (Å²) in [5.41, 5.74) is 6.04. The first-order valence-electron chi connectivity index (χ1n) is 7.97. The molecule has 1 aromatic rings. The van der Waals surface area contributed by atoms with Gasteiger partial charge < -0.3 is 11.1 Å². The summed E-state index contributed by atoms with van der Waals surface area (Å²) in [5.74, 6) is -1.16. The van der Waals surface area contributed by atoms with Gasteiger partial charge >= 0.3 is 0 Å². The molecule has 4 nitrogen and oxygen atoms in total. The van der Waals surface area contributed by atoms with Crippen LogP contribution in [0.15, 0.2) is 36.9 Å². The normalized spacial score (nSPS) is 11.7. The number of hydrogen-bond acceptors (Lipinski definition) is 2. The zero-order valence-electron chi connectivity index (χ0n) is 13.4. The number of carbonyl (C=O) groups is 2. The predicted molar refractivity (Wildman–Crippen MR) is 89.1 cm³/mol. The minimum absolute atomic E-state index is 0.101. The first-order chi connectivity index (χ1) is 11.0. The van der Waals surface area contributed by atoms with Crippen LogP contribution in [0.3, 0.4) is 0 Å². The van der Waals surface area contributed by atoms with E-state index in [9.17, 15) is 14.0 Å². The van der Waals surface area contributed by atoms with Gasteiger partial charge in [0.25, 0.3) is 0 Å². The van der Waals surface area contributed by atoms with Crippen molar-refractivity contribution in [2.24, 2.45) is 5.73 Å². The molecule has 0 radical (unpaired) electrons. The number of rotatable bonds is 11. The molecule has 1 aromatic carbocycles. The molecule has 0 aliphatic carbocycles. The lowest BCUT2D eigenvalue weighted by molar-refractivity contribution is -0.127. The topological polar surface area (TPSA) is 72.2 Å². The number of allylic oxidation sites excluding steroid dienone is 1. The Balaban J connectivity index is 2.36. The van der Waals surface area contributed by atoms with Crippen LogP contribution >= 0.6 is 0 Å². The molecule has 0 spiro atoms. The molecule has 0 aromatic heterocycles. The monoisotopic (exact) mass is 320 g/mol. The molecule has 0 fully saturated rings. The van der Waals surface area contributed by atoms with Crippen LogP contribution in [-0.4, -0.2) is 17.9 Å². The minimum Gasteiger partial charge on any atom is -0.368 e. The summed E-state index contributed by atoms with van der Waals surface area (Å²) < 4.78 is 12.8. The van der Waals surface area contributed by atoms with Crippen molar-refractivity contribution in [1.82, 2.24) is 5.32 Å². The summed E-state index contributed by atoms with van der Waals surface area (Å²) in [7, 11) is 0. The van der Waals surface area contributed by atoms with E-state index in [1.54, 1.807) is 12.1 Å². The summed E-state index contributed by atoms with van der Waals surface area (Å²) in [6.45, 7) is 3.67. The molecular formula is C18H25FN2O2. The highest BCUT2D eigenvalue weighted by Crippen LogP contribution is 2.09. The van der Waals surface area contributed by atoms with Crippen LogP contribution < -0.4 is 11.1 Å². The lowest BCUT2D eigenvalue weighted by atomic mass is 10.0. The number of benzene rings is 1. The zero-order valence-corrected chi connectivity index (χ0v) is 13.4. The third-order valence-electron chi connectivity index (χ3n) is 3.61. The van der Waals surface area contributed by atoms with Crippen molar-refractivity contribution >= 4 is 11.8 Å². The van der Waals surface area contributed by atoms with Gasteiger partial charge in [0.15, 0.2) is 0 Å². The standard InChI is InChI=1S/C18H25FN2O2/c1-2-3-4-5-6-7-8-16(18(20)23)21-17(22)13-14-9-11-15(19)12-10-14/h2,9-12,16H,1,3-8,13H2,(H2,20,23)(H,21,22)/t16-/m1/s1. The van der Waals surface area contributed by atoms with Gasteiger partial charge in [-0.1, -0.05) is 37.5 Å². The number of halogens is 1. The second-order valence-electron chi connectivity index (χ2n) is 5.61. The highest BCUT2D eigenvalue weighted by Gasteiger charge is 2.17. The van der Waals surface area contributed by atoms with Gasteiger partial charge in [-0.25, -0.2) is 4.39 Å². The Morgan fingerprint density at radius 3 is 2.43 bits per heavy atom. The molecule has 0 heterocycles. The molecule has 0 unspecified atom stereocenters. The number of carbonyl (C=O) groups excluding carboxylic acids is 2. The quantitative estimate of drug-likeness (QED) is 0.486. The average Bonchev–Trinajstić information content (AvgIpc) is 2.51. The Morgan fingerprint density at radius 2 is 1.83 bits per heavy atom. The molecule has 5 heteroatoms. The van der Waals surface area contributed by atoms with Crippen LogP contribution in [-0.2, 0) is 16.0 Å². The maximum atomic E-state index is 12.8. The van der Waals surface area contributed by atoms with Crippen LogP contribution in [0.4, 0.5) is 4.39 Å². The largest absolute Gasteiger partial charge is 0.368 e. The molecule has 0 aliphatic heterocycles. The van der Waals surface area contributed by atoms with E-state index in [0.717, 1.165) is 32.1 Å². The number of amides is 2. The summed E-state index contributed by atoms with van der Waals surface area (Å²) in [6, 6.07) is 5.05.